The zero-order chi connectivity index (χ0) is 16.8. The number of terminal acetylenes is 1. The zero-order valence-corrected chi connectivity index (χ0v) is 13.7. The van der Waals surface area contributed by atoms with E-state index in [9.17, 15) is 10.1 Å². The van der Waals surface area contributed by atoms with Gasteiger partial charge in [-0.2, -0.15) is 4.98 Å². The number of nitro groups is 1. The molecular formula is C15H16N4O3S. The van der Waals surface area contributed by atoms with Crippen molar-refractivity contribution < 1.29 is 9.66 Å². The minimum absolute atomic E-state index is 0.0599. The number of pyridine rings is 1. The largest absolute Gasteiger partial charge is 0.464 e. The fraction of sp³-hybridized carbons (Fsp3) is 0.333. The number of aromatic nitrogens is 2. The van der Waals surface area contributed by atoms with Crippen LogP contribution >= 0.6 is 11.3 Å². The summed E-state index contributed by atoms with van der Waals surface area (Å²) in [6.45, 7) is 4.94. The monoisotopic (exact) mass is 332 g/mol. The third kappa shape index (κ3) is 4.17. The number of nitrogens with zero attached hydrogens (tertiary/aromatic N) is 4. The van der Waals surface area contributed by atoms with Crippen LogP contribution in [0.5, 0.6) is 5.88 Å². The fourth-order valence-corrected chi connectivity index (χ4v) is 2.81. The Morgan fingerprint density at radius 2 is 2.30 bits per heavy atom. The van der Waals surface area contributed by atoms with E-state index in [0.29, 0.717) is 13.1 Å². The van der Waals surface area contributed by atoms with Gasteiger partial charge in [-0.25, -0.2) is 4.98 Å². The first-order chi connectivity index (χ1) is 11.0. The van der Waals surface area contributed by atoms with Gasteiger partial charge in [0.05, 0.1) is 16.5 Å². The molecule has 0 aliphatic carbocycles. The fourth-order valence-electron chi connectivity index (χ4n) is 2.00. The second-order valence-electron chi connectivity index (χ2n) is 4.60. The third-order valence-corrected chi connectivity index (χ3v) is 3.92. The molecule has 0 amide bonds. The van der Waals surface area contributed by atoms with E-state index in [2.05, 4.69) is 15.9 Å². The Morgan fingerprint density at radius 3 is 2.87 bits per heavy atom. The molecule has 7 nitrogen and oxygen atoms in total. The summed E-state index contributed by atoms with van der Waals surface area (Å²) < 4.78 is 5.27. The number of anilines is 1. The SMILES string of the molecule is C#CCOc1ccc([N+](=O)[O-])c(N(CC)Cc2cnc(C)s2)n1. The molecule has 0 saturated carbocycles. The lowest BCUT2D eigenvalue weighted by atomic mass is 10.3. The van der Waals surface area contributed by atoms with Crippen molar-refractivity contribution in [3.05, 3.63) is 38.3 Å². The van der Waals surface area contributed by atoms with E-state index in [4.69, 9.17) is 11.2 Å². The molecule has 0 unspecified atom stereocenters. The number of rotatable bonds is 7. The Bertz CT molecular complexity index is 739. The van der Waals surface area contributed by atoms with Crippen LogP contribution in [0.25, 0.3) is 0 Å². The van der Waals surface area contributed by atoms with Crippen molar-refractivity contribution in [3.8, 4) is 18.2 Å². The predicted octanol–water partition coefficient (Wildman–Crippen LogP) is 2.79. The average molecular weight is 332 g/mol. The second-order valence-corrected chi connectivity index (χ2v) is 5.92. The Hall–Kier alpha value is -2.66. The Kier molecular flexibility index (Phi) is 5.49. The lowest BCUT2D eigenvalue weighted by Crippen LogP contribution is -2.23. The molecule has 2 heterocycles. The molecule has 0 aromatic carbocycles. The minimum atomic E-state index is -0.451. The van der Waals surface area contributed by atoms with E-state index in [1.165, 1.54) is 12.1 Å². The van der Waals surface area contributed by atoms with Gasteiger partial charge < -0.3 is 9.64 Å². The maximum absolute atomic E-state index is 11.3. The summed E-state index contributed by atoms with van der Waals surface area (Å²) in [4.78, 5) is 22.1. The summed E-state index contributed by atoms with van der Waals surface area (Å²) in [6.07, 6.45) is 6.93. The van der Waals surface area contributed by atoms with Crippen LogP contribution in [0.2, 0.25) is 0 Å². The van der Waals surface area contributed by atoms with E-state index in [-0.39, 0.29) is 24.0 Å². The van der Waals surface area contributed by atoms with Crippen molar-refractivity contribution in [1.82, 2.24) is 9.97 Å². The van der Waals surface area contributed by atoms with Crippen molar-refractivity contribution in [3.63, 3.8) is 0 Å². The molecule has 0 atom stereocenters. The highest BCUT2D eigenvalue weighted by molar-refractivity contribution is 7.11. The van der Waals surface area contributed by atoms with Crippen LogP contribution in [0, 0.1) is 29.4 Å². The van der Waals surface area contributed by atoms with Gasteiger partial charge in [0, 0.05) is 29.8 Å². The lowest BCUT2D eigenvalue weighted by Gasteiger charge is -2.21. The standard InChI is InChI=1S/C15H16N4O3S/c1-4-8-22-14-7-6-13(19(20)21)15(17-14)18(5-2)10-12-9-16-11(3)23-12/h1,6-7,9H,5,8,10H2,2-3H3. The van der Waals surface area contributed by atoms with Crippen LogP contribution in [0.3, 0.4) is 0 Å². The minimum Gasteiger partial charge on any atom is -0.464 e. The van der Waals surface area contributed by atoms with Gasteiger partial charge in [-0.05, 0) is 13.8 Å². The highest BCUT2D eigenvalue weighted by Crippen LogP contribution is 2.30. The Balaban J connectivity index is 2.35. The van der Waals surface area contributed by atoms with Crippen molar-refractivity contribution in [2.24, 2.45) is 0 Å². The maximum Gasteiger partial charge on any atom is 0.311 e. The molecule has 0 radical (unpaired) electrons. The van der Waals surface area contributed by atoms with Crippen molar-refractivity contribution >= 4 is 22.8 Å². The van der Waals surface area contributed by atoms with Crippen LogP contribution in [0.4, 0.5) is 11.5 Å². The van der Waals surface area contributed by atoms with E-state index in [0.717, 1.165) is 9.88 Å². The predicted molar refractivity (Wildman–Crippen MR) is 88.8 cm³/mol. The van der Waals surface area contributed by atoms with Crippen molar-refractivity contribution in [2.45, 2.75) is 20.4 Å². The van der Waals surface area contributed by atoms with E-state index in [1.54, 1.807) is 17.5 Å². The van der Waals surface area contributed by atoms with Gasteiger partial charge in [-0.3, -0.25) is 10.1 Å². The zero-order valence-electron chi connectivity index (χ0n) is 12.9. The normalized spacial score (nSPS) is 10.1. The molecule has 0 aliphatic heterocycles. The summed E-state index contributed by atoms with van der Waals surface area (Å²) in [5, 5.41) is 12.2. The molecule has 0 bridgehead atoms. The van der Waals surface area contributed by atoms with Gasteiger partial charge >= 0.3 is 5.69 Å². The average Bonchev–Trinajstić information content (AvgIpc) is 2.95. The van der Waals surface area contributed by atoms with Crippen LogP contribution in [-0.2, 0) is 6.54 Å². The molecule has 8 heteroatoms. The van der Waals surface area contributed by atoms with Gasteiger partial charge in [0.2, 0.25) is 11.7 Å². The van der Waals surface area contributed by atoms with Gasteiger partial charge in [0.25, 0.3) is 0 Å². The summed E-state index contributed by atoms with van der Waals surface area (Å²) >= 11 is 1.55. The molecule has 0 saturated heterocycles. The quantitative estimate of drug-likeness (QED) is 0.440. The number of hydrogen-bond acceptors (Lipinski definition) is 7. The molecule has 0 fully saturated rings. The van der Waals surface area contributed by atoms with Gasteiger partial charge in [0.1, 0.15) is 0 Å². The first kappa shape index (κ1) is 16.7. The number of ether oxygens (including phenoxy) is 1. The molecule has 0 aliphatic rings. The summed E-state index contributed by atoms with van der Waals surface area (Å²) in [5.74, 6) is 2.87. The smallest absolute Gasteiger partial charge is 0.311 e. The van der Waals surface area contributed by atoms with Gasteiger partial charge in [0.15, 0.2) is 6.61 Å². The van der Waals surface area contributed by atoms with Gasteiger partial charge in [-0.1, -0.05) is 5.92 Å². The summed E-state index contributed by atoms with van der Waals surface area (Å²) in [5.41, 5.74) is -0.0684. The van der Waals surface area contributed by atoms with E-state index in [1.807, 2.05) is 18.7 Å². The maximum atomic E-state index is 11.3. The number of hydrogen-bond donors (Lipinski definition) is 0. The number of aryl methyl sites for hydroxylation is 1. The first-order valence-electron chi connectivity index (χ1n) is 6.93. The van der Waals surface area contributed by atoms with Crippen LogP contribution in [-0.4, -0.2) is 28.0 Å². The van der Waals surface area contributed by atoms with Crippen LogP contribution in [0.15, 0.2) is 18.3 Å². The van der Waals surface area contributed by atoms with Crippen LogP contribution in [0.1, 0.15) is 16.8 Å². The first-order valence-corrected chi connectivity index (χ1v) is 7.74. The molecule has 2 aromatic heterocycles. The third-order valence-electron chi connectivity index (χ3n) is 3.03. The molecule has 23 heavy (non-hydrogen) atoms. The molecule has 0 N–H and O–H groups in total. The molecule has 0 spiro atoms. The highest BCUT2D eigenvalue weighted by atomic mass is 32.1. The topological polar surface area (TPSA) is 81.4 Å². The Labute approximate surface area is 138 Å². The molecule has 2 rings (SSSR count). The van der Waals surface area contributed by atoms with E-state index >= 15 is 0 Å². The van der Waals surface area contributed by atoms with E-state index < -0.39 is 4.92 Å². The molecule has 2 aromatic rings. The van der Waals surface area contributed by atoms with Crippen molar-refractivity contribution in [1.29, 1.82) is 0 Å². The number of thiazole rings is 1. The summed E-state index contributed by atoms with van der Waals surface area (Å²) in [6, 6.07) is 2.83. The molecular weight excluding hydrogens is 316 g/mol. The summed E-state index contributed by atoms with van der Waals surface area (Å²) in [7, 11) is 0. The van der Waals surface area contributed by atoms with Crippen molar-refractivity contribution in [2.75, 3.05) is 18.1 Å². The Morgan fingerprint density at radius 1 is 1.52 bits per heavy atom. The highest BCUT2D eigenvalue weighted by Gasteiger charge is 2.22. The lowest BCUT2D eigenvalue weighted by molar-refractivity contribution is -0.384. The second kappa shape index (κ2) is 7.56. The van der Waals surface area contributed by atoms with Crippen LogP contribution < -0.4 is 9.64 Å². The van der Waals surface area contributed by atoms with Gasteiger partial charge in [-0.15, -0.1) is 17.8 Å². The molecule has 120 valence electrons.